The van der Waals surface area contributed by atoms with Crippen LogP contribution < -0.4 is 0 Å². The highest BCUT2D eigenvalue weighted by molar-refractivity contribution is 9.10. The van der Waals surface area contributed by atoms with E-state index in [2.05, 4.69) is 25.9 Å². The summed E-state index contributed by atoms with van der Waals surface area (Å²) in [5, 5.41) is 0. The number of hydrogen-bond donors (Lipinski definition) is 0. The molecule has 0 bridgehead atoms. The molecule has 0 N–H and O–H groups in total. The van der Waals surface area contributed by atoms with Gasteiger partial charge >= 0.3 is 0 Å². The number of imidazole rings is 1. The smallest absolute Gasteiger partial charge is 0.164 e. The molecule has 3 nitrogen and oxygen atoms in total. The van der Waals surface area contributed by atoms with Crippen molar-refractivity contribution in [2.24, 2.45) is 0 Å². The van der Waals surface area contributed by atoms with Crippen LogP contribution in [0.2, 0.25) is 0 Å². The van der Waals surface area contributed by atoms with Crippen molar-refractivity contribution in [1.29, 1.82) is 0 Å². The van der Waals surface area contributed by atoms with Gasteiger partial charge in [0.25, 0.3) is 0 Å². The molecular weight excluding hydrogens is 333 g/mol. The Kier molecular flexibility index (Phi) is 3.24. The van der Waals surface area contributed by atoms with E-state index in [1.807, 2.05) is 16.7 Å². The van der Waals surface area contributed by atoms with Gasteiger partial charge < -0.3 is 0 Å². The zero-order chi connectivity index (χ0) is 13.4. The summed E-state index contributed by atoms with van der Waals surface area (Å²) in [5.41, 5.74) is 2.24. The monoisotopic (exact) mass is 339 g/mol. The topological polar surface area (TPSA) is 30.7 Å². The number of halogens is 3. The predicted octanol–water partition coefficient (Wildman–Crippen LogP) is 4.06. The molecule has 0 spiro atoms. The van der Waals surface area contributed by atoms with E-state index in [0.29, 0.717) is 15.9 Å². The van der Waals surface area contributed by atoms with Crippen LogP contribution >= 0.6 is 27.5 Å². The van der Waals surface area contributed by atoms with E-state index in [0.717, 1.165) is 11.2 Å². The lowest BCUT2D eigenvalue weighted by Gasteiger charge is -2.07. The molecule has 0 aliphatic carbocycles. The number of aromatic nitrogens is 3. The minimum absolute atomic E-state index is 0.255. The van der Waals surface area contributed by atoms with Gasteiger partial charge in [-0.15, -0.1) is 11.6 Å². The van der Waals surface area contributed by atoms with Crippen molar-refractivity contribution in [2.75, 3.05) is 0 Å². The third kappa shape index (κ3) is 2.13. The van der Waals surface area contributed by atoms with Crippen LogP contribution in [0.1, 0.15) is 5.82 Å². The Balaban J connectivity index is 2.31. The van der Waals surface area contributed by atoms with Gasteiger partial charge in [-0.3, -0.25) is 4.57 Å². The van der Waals surface area contributed by atoms with Gasteiger partial charge in [0, 0.05) is 6.20 Å². The maximum absolute atomic E-state index is 13.3. The molecule has 3 rings (SSSR count). The minimum atomic E-state index is -0.312. The van der Waals surface area contributed by atoms with Crippen molar-refractivity contribution >= 4 is 38.7 Å². The highest BCUT2D eigenvalue weighted by Gasteiger charge is 2.13. The lowest BCUT2D eigenvalue weighted by atomic mass is 10.3. The van der Waals surface area contributed by atoms with Crippen LogP contribution in [0.4, 0.5) is 4.39 Å². The van der Waals surface area contributed by atoms with Crippen LogP contribution in [0, 0.1) is 5.82 Å². The molecule has 3 aromatic rings. The molecule has 0 fully saturated rings. The molecule has 0 saturated heterocycles. The molecule has 0 saturated carbocycles. The molecular formula is C13H8BrClFN3. The summed E-state index contributed by atoms with van der Waals surface area (Å²) in [6, 6.07) is 8.44. The quantitative estimate of drug-likeness (QED) is 0.659. The van der Waals surface area contributed by atoms with Crippen LogP contribution in [0.3, 0.4) is 0 Å². The SMILES string of the molecule is Fc1ccc(-n2c(CCl)nc3cccnc32)cc1Br. The number of benzene rings is 1. The van der Waals surface area contributed by atoms with E-state index >= 15 is 0 Å². The number of pyridine rings is 1. The van der Waals surface area contributed by atoms with Gasteiger partial charge in [-0.25, -0.2) is 14.4 Å². The average molecular weight is 341 g/mol. The van der Waals surface area contributed by atoms with E-state index < -0.39 is 0 Å². The molecule has 2 heterocycles. The molecule has 19 heavy (non-hydrogen) atoms. The molecule has 0 unspecified atom stereocenters. The number of hydrogen-bond acceptors (Lipinski definition) is 2. The largest absolute Gasteiger partial charge is 0.280 e. The zero-order valence-electron chi connectivity index (χ0n) is 9.65. The molecule has 0 radical (unpaired) electrons. The Morgan fingerprint density at radius 2 is 2.16 bits per heavy atom. The highest BCUT2D eigenvalue weighted by Crippen LogP contribution is 2.24. The minimum Gasteiger partial charge on any atom is -0.280 e. The Bertz CT molecular complexity index is 757. The van der Waals surface area contributed by atoms with Crippen LogP contribution in [0.5, 0.6) is 0 Å². The van der Waals surface area contributed by atoms with E-state index in [4.69, 9.17) is 11.6 Å². The van der Waals surface area contributed by atoms with Crippen molar-refractivity contribution in [3.05, 3.63) is 52.6 Å². The lowest BCUT2D eigenvalue weighted by molar-refractivity contribution is 0.620. The molecule has 96 valence electrons. The van der Waals surface area contributed by atoms with Gasteiger partial charge in [0.15, 0.2) is 5.65 Å². The summed E-state index contributed by atoms with van der Waals surface area (Å²) in [4.78, 5) is 8.73. The van der Waals surface area contributed by atoms with E-state index in [1.54, 1.807) is 18.3 Å². The van der Waals surface area contributed by atoms with Crippen LogP contribution in [0.25, 0.3) is 16.9 Å². The zero-order valence-corrected chi connectivity index (χ0v) is 12.0. The second kappa shape index (κ2) is 4.90. The standard InChI is InChI=1S/C13H8BrClFN3/c14-9-6-8(3-4-10(9)16)19-12(7-15)18-11-2-1-5-17-13(11)19/h1-6H,7H2. The van der Waals surface area contributed by atoms with Crippen LogP contribution in [-0.2, 0) is 5.88 Å². The third-order valence-electron chi connectivity index (χ3n) is 2.77. The van der Waals surface area contributed by atoms with Crippen LogP contribution in [0.15, 0.2) is 41.0 Å². The highest BCUT2D eigenvalue weighted by atomic mass is 79.9. The summed E-state index contributed by atoms with van der Waals surface area (Å²) in [6.45, 7) is 0. The molecule has 0 aliphatic rings. The van der Waals surface area contributed by atoms with Crippen molar-refractivity contribution in [2.45, 2.75) is 5.88 Å². The summed E-state index contributed by atoms with van der Waals surface area (Å²) < 4.78 is 15.5. The lowest BCUT2D eigenvalue weighted by Crippen LogP contribution is -2.00. The molecule has 1 aromatic carbocycles. The number of rotatable bonds is 2. The van der Waals surface area contributed by atoms with Crippen molar-refractivity contribution in [1.82, 2.24) is 14.5 Å². The Morgan fingerprint density at radius 3 is 2.89 bits per heavy atom. The van der Waals surface area contributed by atoms with Crippen molar-refractivity contribution in [3.63, 3.8) is 0 Å². The van der Waals surface area contributed by atoms with Gasteiger partial charge in [-0.1, -0.05) is 0 Å². The van der Waals surface area contributed by atoms with Crippen molar-refractivity contribution in [3.8, 4) is 5.69 Å². The molecule has 6 heteroatoms. The third-order valence-corrected chi connectivity index (χ3v) is 3.61. The maximum Gasteiger partial charge on any atom is 0.164 e. The van der Waals surface area contributed by atoms with E-state index in [-0.39, 0.29) is 11.7 Å². The second-order valence-corrected chi connectivity index (χ2v) is 5.06. The van der Waals surface area contributed by atoms with Crippen molar-refractivity contribution < 1.29 is 4.39 Å². The predicted molar refractivity (Wildman–Crippen MR) is 76.1 cm³/mol. The molecule has 2 aromatic heterocycles. The first-order valence-electron chi connectivity index (χ1n) is 5.54. The number of nitrogens with zero attached hydrogens (tertiary/aromatic N) is 3. The first-order chi connectivity index (χ1) is 9.20. The van der Waals surface area contributed by atoms with Gasteiger partial charge in [-0.05, 0) is 46.3 Å². The summed E-state index contributed by atoms with van der Waals surface area (Å²) in [6.07, 6.45) is 1.69. The van der Waals surface area contributed by atoms with E-state index in [9.17, 15) is 4.39 Å². The summed E-state index contributed by atoms with van der Waals surface area (Å²) in [7, 11) is 0. The van der Waals surface area contributed by atoms with Gasteiger partial charge in [0.1, 0.15) is 17.2 Å². The Morgan fingerprint density at radius 1 is 1.32 bits per heavy atom. The van der Waals surface area contributed by atoms with Crippen LogP contribution in [-0.4, -0.2) is 14.5 Å². The first-order valence-corrected chi connectivity index (χ1v) is 6.87. The molecule has 0 aliphatic heterocycles. The Labute approximate surface area is 122 Å². The summed E-state index contributed by atoms with van der Waals surface area (Å²) >= 11 is 9.11. The first kappa shape index (κ1) is 12.6. The van der Waals surface area contributed by atoms with Gasteiger partial charge in [-0.2, -0.15) is 0 Å². The fourth-order valence-electron chi connectivity index (χ4n) is 1.94. The fourth-order valence-corrected chi connectivity index (χ4v) is 2.49. The molecule has 0 amide bonds. The average Bonchev–Trinajstić information content (AvgIpc) is 2.80. The van der Waals surface area contributed by atoms with Gasteiger partial charge in [0.05, 0.1) is 16.0 Å². The number of fused-ring (bicyclic) bond motifs is 1. The summed E-state index contributed by atoms with van der Waals surface area (Å²) in [5.74, 6) is 0.619. The van der Waals surface area contributed by atoms with E-state index in [1.165, 1.54) is 6.07 Å². The second-order valence-electron chi connectivity index (χ2n) is 3.94. The number of alkyl halides is 1. The maximum atomic E-state index is 13.3. The normalized spacial score (nSPS) is 11.1. The molecule has 0 atom stereocenters. The Hall–Kier alpha value is -1.46. The fraction of sp³-hybridized carbons (Fsp3) is 0.0769. The van der Waals surface area contributed by atoms with Gasteiger partial charge in [0.2, 0.25) is 0 Å².